The SMILES string of the molecule is COc1cc(NC(=O)Cc2ccc(-c3cc(OC4CCN(C)CC4)cc(C#N)n3)nc2)ncc1Cl. The summed E-state index contributed by atoms with van der Waals surface area (Å²) >= 11 is 5.97. The third kappa shape index (κ3) is 6.44. The monoisotopic (exact) mass is 492 g/mol. The highest BCUT2D eigenvalue weighted by Crippen LogP contribution is 2.26. The molecule has 0 spiro atoms. The Balaban J connectivity index is 1.43. The van der Waals surface area contributed by atoms with Gasteiger partial charge in [-0.1, -0.05) is 17.7 Å². The average molecular weight is 493 g/mol. The number of carbonyl (C=O) groups excluding carboxylic acids is 1. The summed E-state index contributed by atoms with van der Waals surface area (Å²) in [6, 6.07) is 10.7. The Kier molecular flexibility index (Phi) is 7.75. The fourth-order valence-corrected chi connectivity index (χ4v) is 3.94. The molecule has 0 saturated carbocycles. The summed E-state index contributed by atoms with van der Waals surface area (Å²) in [6.07, 6.45) is 5.11. The normalized spacial score (nSPS) is 14.2. The van der Waals surface area contributed by atoms with Gasteiger partial charge >= 0.3 is 0 Å². The van der Waals surface area contributed by atoms with E-state index in [1.807, 2.05) is 0 Å². The van der Waals surface area contributed by atoms with Crippen LogP contribution in [0.15, 0.2) is 42.7 Å². The lowest BCUT2D eigenvalue weighted by Crippen LogP contribution is -2.35. The number of nitrogens with one attached hydrogen (secondary N) is 1. The molecule has 1 fully saturated rings. The van der Waals surface area contributed by atoms with Gasteiger partial charge in [-0.25, -0.2) is 9.97 Å². The maximum atomic E-state index is 12.4. The standard InChI is InChI=1S/C25H25ClN6O3/c1-32-7-5-18(6-8-32)35-19-10-17(13-27)30-22(11-19)21-4-3-16(14-28-21)9-25(33)31-24-12-23(34-2)20(26)15-29-24/h3-4,10-12,14-15,18H,5-9H2,1-2H3,(H,29,31,33). The number of hydrogen-bond donors (Lipinski definition) is 1. The second kappa shape index (κ2) is 11.1. The number of carbonyl (C=O) groups is 1. The van der Waals surface area contributed by atoms with Gasteiger partial charge in [0.15, 0.2) is 0 Å². The second-order valence-electron chi connectivity index (χ2n) is 8.29. The highest BCUT2D eigenvalue weighted by molar-refractivity contribution is 6.32. The quantitative estimate of drug-likeness (QED) is 0.530. The van der Waals surface area contributed by atoms with Crippen molar-refractivity contribution in [3.8, 4) is 29.0 Å². The number of hydrogen-bond acceptors (Lipinski definition) is 8. The number of piperidine rings is 1. The second-order valence-corrected chi connectivity index (χ2v) is 8.69. The smallest absolute Gasteiger partial charge is 0.230 e. The maximum Gasteiger partial charge on any atom is 0.230 e. The Morgan fingerprint density at radius 2 is 2.00 bits per heavy atom. The minimum Gasteiger partial charge on any atom is -0.495 e. The fourth-order valence-electron chi connectivity index (χ4n) is 3.76. The van der Waals surface area contributed by atoms with Gasteiger partial charge in [-0.2, -0.15) is 5.26 Å². The first-order valence-electron chi connectivity index (χ1n) is 11.2. The number of nitriles is 1. The van der Waals surface area contributed by atoms with E-state index in [-0.39, 0.29) is 24.1 Å². The summed E-state index contributed by atoms with van der Waals surface area (Å²) in [5, 5.41) is 12.5. The summed E-state index contributed by atoms with van der Waals surface area (Å²) in [6.45, 7) is 1.96. The van der Waals surface area contributed by atoms with Gasteiger partial charge in [0.25, 0.3) is 0 Å². The van der Waals surface area contributed by atoms with E-state index in [4.69, 9.17) is 21.1 Å². The highest BCUT2D eigenvalue weighted by Gasteiger charge is 2.19. The first-order chi connectivity index (χ1) is 16.9. The molecule has 35 heavy (non-hydrogen) atoms. The molecule has 1 aliphatic rings. The lowest BCUT2D eigenvalue weighted by molar-refractivity contribution is -0.115. The summed E-state index contributed by atoms with van der Waals surface area (Å²) in [4.78, 5) is 27.6. The van der Waals surface area contributed by atoms with Crippen molar-refractivity contribution in [3.63, 3.8) is 0 Å². The zero-order valence-corrected chi connectivity index (χ0v) is 20.2. The predicted molar refractivity (Wildman–Crippen MR) is 131 cm³/mol. The Morgan fingerprint density at radius 1 is 1.20 bits per heavy atom. The van der Waals surface area contributed by atoms with Crippen LogP contribution in [-0.4, -0.2) is 59.1 Å². The van der Waals surface area contributed by atoms with Gasteiger partial charge in [0.05, 0.1) is 31.1 Å². The third-order valence-corrected chi connectivity index (χ3v) is 5.93. The van der Waals surface area contributed by atoms with Crippen molar-refractivity contribution in [1.29, 1.82) is 5.26 Å². The number of methoxy groups -OCH3 is 1. The number of nitrogens with zero attached hydrogens (tertiary/aromatic N) is 5. The van der Waals surface area contributed by atoms with Crippen LogP contribution in [0.5, 0.6) is 11.5 Å². The molecule has 0 atom stereocenters. The van der Waals surface area contributed by atoms with E-state index in [1.54, 1.807) is 36.5 Å². The summed E-state index contributed by atoms with van der Waals surface area (Å²) < 4.78 is 11.3. The van der Waals surface area contributed by atoms with Crippen molar-refractivity contribution in [2.45, 2.75) is 25.4 Å². The van der Waals surface area contributed by atoms with E-state index in [0.717, 1.165) is 25.9 Å². The number of halogens is 1. The molecule has 4 heterocycles. The molecule has 0 bridgehead atoms. The third-order valence-electron chi connectivity index (χ3n) is 5.64. The van der Waals surface area contributed by atoms with Crippen LogP contribution in [0.25, 0.3) is 11.4 Å². The average Bonchev–Trinajstić information content (AvgIpc) is 2.86. The Bertz CT molecular complexity index is 1240. The molecule has 1 saturated heterocycles. The van der Waals surface area contributed by atoms with Crippen molar-refractivity contribution in [2.75, 3.05) is 32.6 Å². The Hall–Kier alpha value is -3.74. The molecule has 0 aromatic carbocycles. The van der Waals surface area contributed by atoms with Crippen LogP contribution >= 0.6 is 11.6 Å². The Labute approximate surface area is 208 Å². The zero-order chi connectivity index (χ0) is 24.8. The van der Waals surface area contributed by atoms with Crippen LogP contribution in [0.2, 0.25) is 5.02 Å². The van der Waals surface area contributed by atoms with Gasteiger partial charge in [-0.3, -0.25) is 9.78 Å². The van der Waals surface area contributed by atoms with Crippen LogP contribution in [0.4, 0.5) is 5.82 Å². The molecule has 3 aromatic heterocycles. The van der Waals surface area contributed by atoms with Crippen LogP contribution in [0.3, 0.4) is 0 Å². The topological polar surface area (TPSA) is 113 Å². The molecule has 9 nitrogen and oxygen atoms in total. The van der Waals surface area contributed by atoms with E-state index < -0.39 is 0 Å². The van der Waals surface area contributed by atoms with Gasteiger partial charge in [0.2, 0.25) is 5.91 Å². The van der Waals surface area contributed by atoms with Crippen molar-refractivity contribution in [1.82, 2.24) is 19.9 Å². The lowest BCUT2D eigenvalue weighted by atomic mass is 10.1. The molecule has 0 radical (unpaired) electrons. The number of amides is 1. The van der Waals surface area contributed by atoms with E-state index in [9.17, 15) is 10.1 Å². The van der Waals surface area contributed by atoms with E-state index in [2.05, 4.69) is 38.3 Å². The largest absolute Gasteiger partial charge is 0.495 e. The summed E-state index contributed by atoms with van der Waals surface area (Å²) in [5.41, 5.74) is 2.11. The molecule has 180 valence electrons. The number of rotatable bonds is 7. The highest BCUT2D eigenvalue weighted by atomic mass is 35.5. The minimum atomic E-state index is -0.255. The lowest BCUT2D eigenvalue weighted by Gasteiger charge is -2.29. The van der Waals surface area contributed by atoms with Gasteiger partial charge in [0, 0.05) is 37.5 Å². The van der Waals surface area contributed by atoms with E-state index in [0.29, 0.717) is 39.3 Å². The predicted octanol–water partition coefficient (Wildman–Crippen LogP) is 3.73. The number of anilines is 1. The molecule has 1 N–H and O–H groups in total. The van der Waals surface area contributed by atoms with Crippen LogP contribution in [0, 0.1) is 11.3 Å². The van der Waals surface area contributed by atoms with Crippen molar-refractivity contribution in [2.24, 2.45) is 0 Å². The van der Waals surface area contributed by atoms with Crippen molar-refractivity contribution < 1.29 is 14.3 Å². The van der Waals surface area contributed by atoms with Crippen LogP contribution in [-0.2, 0) is 11.2 Å². The minimum absolute atomic E-state index is 0.107. The van der Waals surface area contributed by atoms with E-state index in [1.165, 1.54) is 13.3 Å². The maximum absolute atomic E-state index is 12.4. The van der Waals surface area contributed by atoms with Gasteiger partial charge in [0.1, 0.15) is 40.2 Å². The molecule has 1 aliphatic heterocycles. The number of aromatic nitrogens is 3. The van der Waals surface area contributed by atoms with Crippen LogP contribution < -0.4 is 14.8 Å². The molecule has 4 rings (SSSR count). The number of ether oxygens (including phenoxy) is 2. The molecule has 3 aromatic rings. The van der Waals surface area contributed by atoms with Gasteiger partial charge in [-0.05, 0) is 31.5 Å². The van der Waals surface area contributed by atoms with Gasteiger partial charge < -0.3 is 19.7 Å². The first kappa shape index (κ1) is 24.4. The molecular weight excluding hydrogens is 468 g/mol. The first-order valence-corrected chi connectivity index (χ1v) is 11.5. The van der Waals surface area contributed by atoms with Crippen molar-refractivity contribution in [3.05, 3.63) is 59.0 Å². The Morgan fingerprint density at radius 3 is 2.69 bits per heavy atom. The number of likely N-dealkylation sites (tertiary alicyclic amines) is 1. The fraction of sp³-hybridized carbons (Fsp3) is 0.320. The zero-order valence-electron chi connectivity index (χ0n) is 19.5. The molecule has 10 heteroatoms. The molecule has 0 unspecified atom stereocenters. The summed E-state index contributed by atoms with van der Waals surface area (Å²) in [5.74, 6) is 1.12. The van der Waals surface area contributed by atoms with Gasteiger partial charge in [-0.15, -0.1) is 0 Å². The molecule has 0 aliphatic carbocycles. The molecule has 1 amide bonds. The van der Waals surface area contributed by atoms with Crippen molar-refractivity contribution >= 4 is 23.3 Å². The summed E-state index contributed by atoms with van der Waals surface area (Å²) in [7, 11) is 3.59. The molecular formula is C25H25ClN6O3. The number of pyridine rings is 3. The van der Waals surface area contributed by atoms with Crippen LogP contribution in [0.1, 0.15) is 24.1 Å². The van der Waals surface area contributed by atoms with E-state index >= 15 is 0 Å².